The predicted octanol–water partition coefficient (Wildman–Crippen LogP) is 9.99. The summed E-state index contributed by atoms with van der Waals surface area (Å²) in [5.74, 6) is -0.0617. The molecular weight excluding hydrogens is 802 g/mol. The zero-order chi connectivity index (χ0) is 45.5. The molecule has 1 aliphatic heterocycles. The van der Waals surface area contributed by atoms with Crippen LogP contribution in [0.15, 0.2) is 30.3 Å². The lowest BCUT2D eigenvalue weighted by molar-refractivity contribution is -0.332. The van der Waals surface area contributed by atoms with E-state index < -0.39 is 54.5 Å². The molecule has 9 atom stereocenters. The summed E-state index contributed by atoms with van der Waals surface area (Å²) in [5, 5.41) is 45.3. The van der Waals surface area contributed by atoms with Crippen LogP contribution in [0.5, 0.6) is 0 Å². The van der Waals surface area contributed by atoms with Gasteiger partial charge in [0.15, 0.2) is 6.29 Å². The molecule has 1 saturated heterocycles. The molecule has 5 N–H and O–H groups in total. The molecule has 63 heavy (non-hydrogen) atoms. The molecule has 1 heterocycles. The van der Waals surface area contributed by atoms with Crippen LogP contribution < -0.4 is 5.32 Å². The van der Waals surface area contributed by atoms with Gasteiger partial charge in [0, 0.05) is 12.8 Å². The molecule has 4 aliphatic rings. The van der Waals surface area contributed by atoms with E-state index in [1.807, 2.05) is 37.3 Å². The average Bonchev–Trinajstić information content (AvgIpc) is 3.29. The first kappa shape index (κ1) is 53.5. The number of hydrogen-bond acceptors (Lipinski definition) is 9. The molecule has 5 rings (SSSR count). The number of alkyl halides is 1. The number of unbranched alkanes of at least 4 members (excludes halogenated alkanes) is 20. The molecule has 3 saturated carbocycles. The molecular formula is C52H88FNO9. The zero-order valence-corrected chi connectivity index (χ0v) is 39.5. The molecule has 0 spiro atoms. The van der Waals surface area contributed by atoms with Gasteiger partial charge in [-0.2, -0.15) is 0 Å². The van der Waals surface area contributed by atoms with E-state index in [2.05, 4.69) is 19.2 Å². The van der Waals surface area contributed by atoms with Gasteiger partial charge < -0.3 is 40.0 Å². The molecule has 362 valence electrons. The summed E-state index contributed by atoms with van der Waals surface area (Å²) in [7, 11) is 0. The van der Waals surface area contributed by atoms with Crippen molar-refractivity contribution in [1.82, 2.24) is 5.32 Å². The van der Waals surface area contributed by atoms with E-state index in [1.54, 1.807) is 0 Å². The van der Waals surface area contributed by atoms with Crippen molar-refractivity contribution in [3.63, 3.8) is 0 Å². The summed E-state index contributed by atoms with van der Waals surface area (Å²) in [4.78, 5) is 25.2. The molecule has 1 aromatic carbocycles. The summed E-state index contributed by atoms with van der Waals surface area (Å²) in [6.07, 6.45) is 22.8. The molecule has 5 unspecified atom stereocenters. The van der Waals surface area contributed by atoms with E-state index in [-0.39, 0.29) is 25.5 Å². The highest BCUT2D eigenvalue weighted by Crippen LogP contribution is 2.78. The Morgan fingerprint density at radius 2 is 1.25 bits per heavy atom. The lowest BCUT2D eigenvalue weighted by Crippen LogP contribution is -2.78. The van der Waals surface area contributed by atoms with Gasteiger partial charge in [-0.1, -0.05) is 186 Å². The van der Waals surface area contributed by atoms with E-state index in [1.165, 1.54) is 122 Å². The second-order valence-corrected chi connectivity index (χ2v) is 19.8. The maximum atomic E-state index is 14.4. The standard InChI is InChI=1S/C52H88FNO9/c1-4-29-43(55)42(36-62-50-49(60)48(59)47(58)44(63-50)37-61-46(57)34-33-41-30-25-24-26-31-41)54-45(56)32-27-22-20-18-16-14-12-10-8-6-5-7-9-11-13-15-17-19-21-23-28-35-51-38-52(53,39(51)2)40(51)3/h24-26,30-31,39-40,42-44,47-50,55,58-60H,4-23,27-29,32-38H2,1-3H3,(H,54,56)/t39-,40-,42+,43-,44?,47?,48?,49?,50?,51?,52?/m1/s1. The van der Waals surface area contributed by atoms with Crippen molar-refractivity contribution >= 4 is 11.9 Å². The molecule has 4 fully saturated rings. The minimum Gasteiger partial charge on any atom is -0.463 e. The van der Waals surface area contributed by atoms with Crippen molar-refractivity contribution in [3.8, 4) is 0 Å². The number of nitrogens with one attached hydrogen (secondary N) is 1. The SMILES string of the molecule is CCC[C@@H](O)[C@H](COC1OC(COC(=O)CCc2ccccc2)C(O)C(O)C1O)NC(=O)CCCCCCCCCCCCCCCCCCCCCCCC12CC(F)([C@@H]1C)[C@@H]2C. The van der Waals surface area contributed by atoms with E-state index in [4.69, 9.17) is 14.2 Å². The van der Waals surface area contributed by atoms with Crippen LogP contribution >= 0.6 is 0 Å². The fraction of sp³-hybridized carbons (Fsp3) is 0.846. The first-order chi connectivity index (χ1) is 30.4. The Morgan fingerprint density at radius 1 is 0.746 bits per heavy atom. The number of aliphatic hydroxyl groups is 4. The van der Waals surface area contributed by atoms with Crippen molar-refractivity contribution in [2.24, 2.45) is 17.3 Å². The van der Waals surface area contributed by atoms with Crippen molar-refractivity contribution in [3.05, 3.63) is 35.9 Å². The van der Waals surface area contributed by atoms with Crippen molar-refractivity contribution in [1.29, 1.82) is 0 Å². The van der Waals surface area contributed by atoms with Gasteiger partial charge in [-0.3, -0.25) is 9.59 Å². The summed E-state index contributed by atoms with van der Waals surface area (Å²) < 4.78 is 31.2. The van der Waals surface area contributed by atoms with Gasteiger partial charge in [0.1, 0.15) is 36.7 Å². The Balaban J connectivity index is 0.934. The van der Waals surface area contributed by atoms with Crippen molar-refractivity contribution in [2.75, 3.05) is 13.2 Å². The molecule has 1 amide bonds. The molecule has 0 radical (unpaired) electrons. The topological polar surface area (TPSA) is 155 Å². The quantitative estimate of drug-likeness (QED) is 0.0327. The van der Waals surface area contributed by atoms with E-state index >= 15 is 0 Å². The first-order valence-corrected chi connectivity index (χ1v) is 25.6. The van der Waals surface area contributed by atoms with Gasteiger partial charge in [-0.05, 0) is 54.9 Å². The molecule has 0 aromatic heterocycles. The third-order valence-electron chi connectivity index (χ3n) is 15.2. The largest absolute Gasteiger partial charge is 0.463 e. The summed E-state index contributed by atoms with van der Waals surface area (Å²) in [5.41, 5.74) is 0.534. The first-order valence-electron chi connectivity index (χ1n) is 25.6. The molecule has 1 aromatic rings. The number of amides is 1. The van der Waals surface area contributed by atoms with Crippen LogP contribution in [-0.4, -0.2) is 94.0 Å². The number of aryl methyl sites for hydroxylation is 1. The second-order valence-electron chi connectivity index (χ2n) is 19.8. The van der Waals surface area contributed by atoms with E-state index in [0.29, 0.717) is 42.9 Å². The Hall–Kier alpha value is -2.15. The highest BCUT2D eigenvalue weighted by Gasteiger charge is 2.79. The van der Waals surface area contributed by atoms with Gasteiger partial charge in [0.25, 0.3) is 0 Å². The molecule has 11 heteroatoms. The molecule has 10 nitrogen and oxygen atoms in total. The van der Waals surface area contributed by atoms with Crippen LogP contribution in [0.2, 0.25) is 0 Å². The minimum absolute atomic E-state index is 0.129. The minimum atomic E-state index is -1.61. The molecule has 2 bridgehead atoms. The number of hydrogen-bond donors (Lipinski definition) is 5. The second kappa shape index (κ2) is 28.8. The van der Waals surface area contributed by atoms with Gasteiger partial charge in [-0.25, -0.2) is 4.39 Å². The van der Waals surface area contributed by atoms with Gasteiger partial charge in [0.2, 0.25) is 5.91 Å². The Morgan fingerprint density at radius 3 is 1.76 bits per heavy atom. The lowest BCUT2D eigenvalue weighted by Gasteiger charge is -2.76. The number of esters is 1. The maximum absolute atomic E-state index is 14.4. The Bertz CT molecular complexity index is 1390. The number of carbonyl (C=O) groups is 2. The highest BCUT2D eigenvalue weighted by molar-refractivity contribution is 5.76. The fourth-order valence-corrected chi connectivity index (χ4v) is 10.6. The summed E-state index contributed by atoms with van der Waals surface area (Å²) in [6.45, 7) is 5.67. The third kappa shape index (κ3) is 16.9. The predicted molar refractivity (Wildman–Crippen MR) is 247 cm³/mol. The Labute approximate surface area is 380 Å². The maximum Gasteiger partial charge on any atom is 0.306 e. The summed E-state index contributed by atoms with van der Waals surface area (Å²) >= 11 is 0. The highest BCUT2D eigenvalue weighted by atomic mass is 19.1. The number of halogens is 1. The van der Waals surface area contributed by atoms with Gasteiger partial charge >= 0.3 is 5.97 Å². The van der Waals surface area contributed by atoms with Crippen LogP contribution in [-0.2, 0) is 30.2 Å². The monoisotopic (exact) mass is 890 g/mol. The number of aliphatic hydroxyl groups excluding tert-OH is 4. The van der Waals surface area contributed by atoms with E-state index in [0.717, 1.165) is 31.2 Å². The van der Waals surface area contributed by atoms with Gasteiger partial charge in [0.05, 0.1) is 18.8 Å². The fourth-order valence-electron chi connectivity index (χ4n) is 10.6. The lowest BCUT2D eigenvalue weighted by atomic mass is 9.29. The average molecular weight is 890 g/mol. The summed E-state index contributed by atoms with van der Waals surface area (Å²) in [6, 6.07) is 8.74. The van der Waals surface area contributed by atoms with Crippen LogP contribution in [0.4, 0.5) is 4.39 Å². The van der Waals surface area contributed by atoms with Gasteiger partial charge in [-0.15, -0.1) is 0 Å². The molecule has 3 aliphatic carbocycles. The van der Waals surface area contributed by atoms with Crippen LogP contribution in [0.25, 0.3) is 0 Å². The van der Waals surface area contributed by atoms with Crippen molar-refractivity contribution < 1.29 is 48.6 Å². The van der Waals surface area contributed by atoms with E-state index in [9.17, 15) is 34.4 Å². The Kier molecular flexibility index (Phi) is 24.4. The third-order valence-corrected chi connectivity index (χ3v) is 15.2. The smallest absolute Gasteiger partial charge is 0.306 e. The number of carbonyl (C=O) groups excluding carboxylic acids is 2. The van der Waals surface area contributed by atoms with Crippen LogP contribution in [0.1, 0.15) is 200 Å². The normalized spacial score (nSPS) is 28.5. The number of ether oxygens (including phenoxy) is 3. The van der Waals surface area contributed by atoms with Crippen molar-refractivity contribution in [2.45, 2.75) is 249 Å². The number of rotatable bonds is 36. The van der Waals surface area contributed by atoms with Crippen LogP contribution in [0, 0.1) is 17.3 Å². The number of benzene rings is 1. The zero-order valence-electron chi connectivity index (χ0n) is 39.5. The van der Waals surface area contributed by atoms with Crippen LogP contribution in [0.3, 0.4) is 0 Å².